The number of nitrogens with two attached hydrogens (primary N) is 1. The van der Waals surface area contributed by atoms with Gasteiger partial charge >= 0.3 is 18.0 Å². The summed E-state index contributed by atoms with van der Waals surface area (Å²) in [6.07, 6.45) is 4.79. The van der Waals surface area contributed by atoms with Gasteiger partial charge in [0.1, 0.15) is 24.5 Å². The summed E-state index contributed by atoms with van der Waals surface area (Å²) in [7, 11) is 7.32. The Labute approximate surface area is 750 Å². The van der Waals surface area contributed by atoms with E-state index in [0.717, 1.165) is 80.1 Å². The lowest BCUT2D eigenvalue weighted by atomic mass is 9.47. The van der Waals surface area contributed by atoms with Gasteiger partial charge in [-0.1, -0.05) is 97.0 Å². The van der Waals surface area contributed by atoms with Crippen molar-refractivity contribution in [1.29, 1.82) is 0 Å². The van der Waals surface area contributed by atoms with Crippen LogP contribution in [0.15, 0.2) is 83.8 Å². The lowest BCUT2D eigenvalue weighted by Crippen LogP contribution is -2.81. The Morgan fingerprint density at radius 2 is 1.49 bits per heavy atom. The van der Waals surface area contributed by atoms with E-state index in [1.165, 1.54) is 25.6 Å². The topological polar surface area (TPSA) is 498 Å². The zero-order valence-corrected chi connectivity index (χ0v) is 75.5. The molecule has 1 spiro atoms. The molecule has 694 valence electrons. The number of aromatic amines is 2. The number of aromatic nitrogens is 5. The van der Waals surface area contributed by atoms with Crippen LogP contribution in [0.5, 0.6) is 5.75 Å². The molecule has 37 heteroatoms. The number of carbonyl (C=O) groups excluding carboxylic acids is 8. The molecule has 3 aromatic heterocycles. The third-order valence-corrected chi connectivity index (χ3v) is 29.1. The van der Waals surface area contributed by atoms with Gasteiger partial charge in [0.15, 0.2) is 39.9 Å². The number of carbonyl (C=O) groups is 10. The third kappa shape index (κ3) is 21.6. The molecule has 1 aliphatic carbocycles. The van der Waals surface area contributed by atoms with Crippen LogP contribution < -0.4 is 42.2 Å². The Hall–Kier alpha value is -9.80. The number of Topliss-reactive ketones (excluding diaryl/α,β-unsaturated/α-hetero) is 4. The number of carboxylic acid groups (broad SMARTS) is 2. The molecule has 2 saturated heterocycles. The van der Waals surface area contributed by atoms with Gasteiger partial charge in [-0.05, 0) is 113 Å². The van der Waals surface area contributed by atoms with Gasteiger partial charge in [0.2, 0.25) is 23.7 Å². The number of H-pyrrole nitrogens is 2. The Morgan fingerprint density at radius 1 is 0.766 bits per heavy atom. The predicted molar refractivity (Wildman–Crippen MR) is 478 cm³/mol. The Bertz CT molecular complexity index is 5140. The zero-order valence-electron chi connectivity index (χ0n) is 73.9. The molecular formula is C91H121N13O22S2. The molecule has 35 nitrogen and oxygen atoms in total. The molecule has 3 aromatic carbocycles. The molecule has 4 amide bonds. The Balaban J connectivity index is 0.622. The fourth-order valence-electron chi connectivity index (χ4n) is 20.1. The smallest absolute Gasteiger partial charge is 0.407 e. The molecule has 3 fully saturated rings. The summed E-state index contributed by atoms with van der Waals surface area (Å²) >= 11 is 0. The Kier molecular flexibility index (Phi) is 32.6. The highest BCUT2D eigenvalue weighted by Gasteiger charge is 2.78. The van der Waals surface area contributed by atoms with Crippen molar-refractivity contribution in [3.63, 3.8) is 0 Å². The van der Waals surface area contributed by atoms with Gasteiger partial charge in [-0.2, -0.15) is 4.98 Å². The molecule has 8 heterocycles. The molecule has 6 aliphatic rings. The highest BCUT2D eigenvalue weighted by molar-refractivity contribution is 8.76. The number of ketones is 4. The molecule has 13 N–H and O–H groups in total. The number of rotatable bonds is 47. The highest BCUT2D eigenvalue weighted by atomic mass is 33.1. The van der Waals surface area contributed by atoms with E-state index in [1.54, 1.807) is 38.5 Å². The first-order valence-corrected chi connectivity index (χ1v) is 46.5. The van der Waals surface area contributed by atoms with Gasteiger partial charge in [0.05, 0.1) is 101 Å². The Morgan fingerprint density at radius 3 is 2.20 bits per heavy atom. The quantitative estimate of drug-likeness (QED) is 0.00989. The first kappa shape index (κ1) is 97.3. The van der Waals surface area contributed by atoms with E-state index in [1.807, 2.05) is 43.2 Å². The van der Waals surface area contributed by atoms with E-state index in [-0.39, 0.29) is 85.4 Å². The van der Waals surface area contributed by atoms with Crippen LogP contribution in [0.1, 0.15) is 149 Å². The van der Waals surface area contributed by atoms with Crippen molar-refractivity contribution in [2.24, 2.45) is 29.1 Å². The lowest BCUT2D eigenvalue weighted by Gasteiger charge is -2.63. The van der Waals surface area contributed by atoms with Gasteiger partial charge in [0.25, 0.3) is 5.56 Å². The van der Waals surface area contributed by atoms with E-state index < -0.39 is 173 Å². The van der Waals surface area contributed by atoms with Gasteiger partial charge in [-0.25, -0.2) is 14.8 Å². The summed E-state index contributed by atoms with van der Waals surface area (Å²) < 4.78 is 33.3. The fraction of sp³-hybridized carbons (Fsp3) is 0.582. The summed E-state index contributed by atoms with van der Waals surface area (Å²) in [6.45, 7) is 12.9. The fourth-order valence-corrected chi connectivity index (χ4v) is 22.3. The largest absolute Gasteiger partial charge is 0.496 e. The van der Waals surface area contributed by atoms with E-state index in [2.05, 4.69) is 94.1 Å². The normalized spacial score (nSPS) is 24.5. The molecule has 6 aromatic rings. The third-order valence-electron chi connectivity index (χ3n) is 26.7. The number of amides is 4. The second-order valence-electron chi connectivity index (χ2n) is 35.0. The summed E-state index contributed by atoms with van der Waals surface area (Å²) in [5.41, 5.74) is 6.53. The molecule has 2 unspecified atom stereocenters. The van der Waals surface area contributed by atoms with Crippen molar-refractivity contribution in [2.45, 2.75) is 177 Å². The number of carboxylic acids is 2. The first-order valence-electron chi connectivity index (χ1n) is 44.0. The highest BCUT2D eigenvalue weighted by Crippen LogP contribution is 2.68. The molecule has 15 atom stereocenters. The SMILES string of the molecule is CC[C@]1(O)C[C@H]2CN(CCc3c([nH]c4ccccc34)[C@@](C)(c3cc4c(cc3OC)N(C)[C@H]3[C@@](O)(C(=O)CNC(=O)OCCSSCC(CC(=O)[C@H](C)NC(=O)[C@H](C)CC(=O)[C@H](CNC(=O)CCOCCOCCOCCOC)NC(=O)CC[C@H](CC(=O)c5ccc(CCc6cnc7nc(N)[nH]c(=O)c7n6)cc5)C(=O)O)C(=O)O)[C@H](O)[C@]5(CC)C=CCN6CC[C@]43[C@@H]65)C2)C1. The van der Waals surface area contributed by atoms with Gasteiger partial charge in [-0.3, -0.25) is 62.7 Å². The number of methoxy groups -OCH3 is 2. The molecule has 128 heavy (non-hydrogen) atoms. The number of fused-ring (bicyclic) bond motifs is 7. The molecular weight excluding hydrogens is 1690 g/mol. The van der Waals surface area contributed by atoms with Crippen molar-refractivity contribution in [2.75, 3.05) is 142 Å². The molecule has 12 rings (SSSR count). The predicted octanol–water partition coefficient (Wildman–Crippen LogP) is 5.37. The number of nitrogens with one attached hydrogen (secondary N) is 6. The average Bonchev–Trinajstić information content (AvgIpc) is 1.47. The van der Waals surface area contributed by atoms with Crippen molar-refractivity contribution < 1.29 is 102 Å². The van der Waals surface area contributed by atoms with Crippen molar-refractivity contribution in [1.82, 2.24) is 56.0 Å². The minimum Gasteiger partial charge on any atom is -0.496 e. The van der Waals surface area contributed by atoms with E-state index in [9.17, 15) is 73.5 Å². The maximum atomic E-state index is 15.4. The molecule has 5 aliphatic heterocycles. The number of ether oxygens (including phenoxy) is 6. The van der Waals surface area contributed by atoms with Crippen LogP contribution in [0.3, 0.4) is 0 Å². The van der Waals surface area contributed by atoms with Crippen molar-refractivity contribution in [3.8, 4) is 5.75 Å². The minimum atomic E-state index is -2.47. The van der Waals surface area contributed by atoms with Gasteiger partial charge in [-0.15, -0.1) is 0 Å². The summed E-state index contributed by atoms with van der Waals surface area (Å²) in [4.78, 5) is 174. The number of aryl methyl sites for hydroxylation is 2. The van der Waals surface area contributed by atoms with E-state index >= 15 is 4.79 Å². The number of hydrogen-bond donors (Lipinski definition) is 12. The number of nitrogen functional groups attached to an aromatic ring is 1. The van der Waals surface area contributed by atoms with Crippen LogP contribution in [-0.4, -0.2) is 292 Å². The average molecular weight is 1810 g/mol. The van der Waals surface area contributed by atoms with Gasteiger partial charge < -0.3 is 90.8 Å². The van der Waals surface area contributed by atoms with E-state index in [0.29, 0.717) is 102 Å². The lowest BCUT2D eigenvalue weighted by molar-refractivity contribution is -0.201. The van der Waals surface area contributed by atoms with Crippen LogP contribution in [0.25, 0.3) is 22.1 Å². The number of benzene rings is 3. The number of nitrogens with zero attached hydrogens (tertiary/aromatic N) is 6. The minimum absolute atomic E-state index is 0.0310. The number of aliphatic hydroxyl groups is 3. The number of anilines is 2. The van der Waals surface area contributed by atoms with E-state index in [4.69, 9.17) is 34.2 Å². The number of hydrogen-bond acceptors (Lipinski definition) is 29. The number of alkyl carbamates (subject to hydrolysis) is 1. The number of aliphatic hydroxyl groups excluding tert-OH is 1. The molecule has 0 radical (unpaired) electrons. The number of piperidine rings is 1. The van der Waals surface area contributed by atoms with Crippen molar-refractivity contribution in [3.05, 3.63) is 129 Å². The summed E-state index contributed by atoms with van der Waals surface area (Å²) in [5.74, 6) is -10.5. The summed E-state index contributed by atoms with van der Waals surface area (Å²) in [5, 5.41) is 70.8. The second kappa shape index (κ2) is 42.8. The standard InChI is InChI=1S/C91H121N13O22S2/c1-9-88(119)46-56-45-87(5,76-62(24-29-103(50-56)52-88)61-14-11-12-15-65(61)99-76)64-43-63-67(44-71(64)122-8)102(6)83-90(63)27-30-104-28-13-26-89(10-2,82(90)104)84(117)91(83,120)72(108)49-95-86(118)126-38-39-127-128-51-59(81(115)116)42-68(105)54(4)96-78(111)53(3)40-70(107)66(48-93-73(109)25-31-123-34-35-125-37-36-124-33-32-121-7)98-74(110)23-21-58(80(113)114)41-69(106)57-19-16-55(17-20-57)18-22-60-47-94-77-75(97-60)79(112)101-85(92)100-77/h11-17,19-20,26,43-44,47,53-54,56,58-59,66,82-84,99,117,119-120H,9-10,18,21-25,27-42,45-46,48-52H2,1-8H3,(H,93,109)(H,95,118)(H,96,111)(H,98,110)(H,113,114)(H,115,116)(H3,92,94,100,101,112)/t53-,54+,56+,58-,59?,66+,82+,83-,84-,87-,88+,89-,90-,91+/m1/s1. The maximum Gasteiger partial charge on any atom is 0.407 e. The van der Waals surface area contributed by atoms with Crippen LogP contribution in [0, 0.1) is 29.1 Å². The molecule has 2 bridgehead atoms. The number of para-hydroxylation sites is 1. The number of likely N-dealkylation sites (N-methyl/N-ethyl adjacent to an activating group) is 1. The van der Waals surface area contributed by atoms with Crippen molar-refractivity contribution >= 4 is 114 Å². The van der Waals surface area contributed by atoms with Crippen LogP contribution >= 0.6 is 21.6 Å². The first-order chi connectivity index (χ1) is 61.2. The zero-order chi connectivity index (χ0) is 92.0. The van der Waals surface area contributed by atoms with Crippen LogP contribution in [-0.2, 0) is 92.1 Å². The monoisotopic (exact) mass is 1810 g/mol. The van der Waals surface area contributed by atoms with Crippen LogP contribution in [0.2, 0.25) is 0 Å². The second-order valence-corrected chi connectivity index (χ2v) is 37.6. The van der Waals surface area contributed by atoms with Gasteiger partial charge in [0, 0.05) is 158 Å². The number of aliphatic carboxylic acids is 2. The maximum absolute atomic E-state index is 15.4. The van der Waals surface area contributed by atoms with Crippen LogP contribution in [0.4, 0.5) is 16.4 Å². The summed E-state index contributed by atoms with van der Waals surface area (Å²) in [6, 6.07) is 15.1. The molecule has 1 saturated carbocycles.